The van der Waals surface area contributed by atoms with Crippen molar-refractivity contribution in [1.82, 2.24) is 4.37 Å². The van der Waals surface area contributed by atoms with Crippen molar-refractivity contribution in [2.45, 2.75) is 26.4 Å². The van der Waals surface area contributed by atoms with E-state index in [0.717, 1.165) is 18.0 Å². The number of esters is 1. The zero-order valence-electron chi connectivity index (χ0n) is 7.71. The summed E-state index contributed by atoms with van der Waals surface area (Å²) in [6.45, 7) is 3.83. The molecule has 1 aromatic rings. The minimum absolute atomic E-state index is 0.0599. The first kappa shape index (κ1) is 12.1. The highest BCUT2D eigenvalue weighted by molar-refractivity contribution is 9.13. The van der Waals surface area contributed by atoms with Crippen LogP contribution < -0.4 is 0 Å². The first-order chi connectivity index (χ1) is 6.56. The topological polar surface area (TPSA) is 39.2 Å². The van der Waals surface area contributed by atoms with Crippen LogP contribution in [0.4, 0.5) is 0 Å². The molecule has 1 rings (SSSR count). The lowest BCUT2D eigenvalue weighted by atomic mass is 10.3. The van der Waals surface area contributed by atoms with Gasteiger partial charge in [-0.2, -0.15) is 4.37 Å². The monoisotopic (exact) mass is 341 g/mol. The molecule has 0 amide bonds. The van der Waals surface area contributed by atoms with Gasteiger partial charge in [-0.15, -0.1) is 0 Å². The first-order valence-electron chi connectivity index (χ1n) is 4.07. The van der Waals surface area contributed by atoms with Gasteiger partial charge < -0.3 is 4.74 Å². The van der Waals surface area contributed by atoms with Crippen LogP contribution >= 0.6 is 43.4 Å². The van der Waals surface area contributed by atoms with E-state index in [-0.39, 0.29) is 12.1 Å². The van der Waals surface area contributed by atoms with Gasteiger partial charge in [-0.1, -0.05) is 6.92 Å². The zero-order chi connectivity index (χ0) is 10.7. The number of hydrogen-bond donors (Lipinski definition) is 0. The van der Waals surface area contributed by atoms with Gasteiger partial charge in [0.15, 0.2) is 0 Å². The molecule has 78 valence electrons. The van der Waals surface area contributed by atoms with Crippen molar-refractivity contribution in [1.29, 1.82) is 0 Å². The summed E-state index contributed by atoms with van der Waals surface area (Å²) < 4.78 is 10.4. The average Bonchev–Trinajstić information content (AvgIpc) is 2.47. The second-order valence-electron chi connectivity index (χ2n) is 2.74. The van der Waals surface area contributed by atoms with E-state index < -0.39 is 0 Å². The number of rotatable bonds is 3. The van der Waals surface area contributed by atoms with E-state index >= 15 is 0 Å². The minimum atomic E-state index is -0.325. The van der Waals surface area contributed by atoms with Crippen molar-refractivity contribution in [3.63, 3.8) is 0 Å². The molecule has 0 aliphatic carbocycles. The Morgan fingerprint density at radius 3 is 2.71 bits per heavy atom. The van der Waals surface area contributed by atoms with E-state index in [1.165, 1.54) is 0 Å². The molecule has 3 nitrogen and oxygen atoms in total. The molecule has 1 heterocycles. The van der Waals surface area contributed by atoms with Crippen LogP contribution in [0.15, 0.2) is 9.08 Å². The number of halogens is 2. The van der Waals surface area contributed by atoms with Crippen molar-refractivity contribution in [2.24, 2.45) is 0 Å². The predicted octanol–water partition coefficient (Wildman–Crippen LogP) is 3.62. The van der Waals surface area contributed by atoms with Crippen LogP contribution in [0.5, 0.6) is 0 Å². The first-order valence-corrected chi connectivity index (χ1v) is 6.43. The number of carbonyl (C=O) groups excluding carboxylic acids is 1. The molecule has 0 aliphatic rings. The van der Waals surface area contributed by atoms with E-state index in [2.05, 4.69) is 36.2 Å². The van der Waals surface area contributed by atoms with Crippen LogP contribution in [-0.4, -0.2) is 16.4 Å². The SMILES string of the molecule is CCC(C)OC(=O)c1snc(Br)c1Br. The van der Waals surface area contributed by atoms with E-state index in [1.807, 2.05) is 13.8 Å². The summed E-state index contributed by atoms with van der Waals surface area (Å²) in [6, 6.07) is 0. The number of ether oxygens (including phenoxy) is 1. The number of carbonyl (C=O) groups is 1. The molecule has 0 saturated heterocycles. The molecule has 0 bridgehead atoms. The second-order valence-corrected chi connectivity index (χ2v) is 5.06. The normalized spacial score (nSPS) is 12.6. The molecule has 1 aromatic heterocycles. The molecule has 0 saturated carbocycles. The molecule has 14 heavy (non-hydrogen) atoms. The van der Waals surface area contributed by atoms with Crippen molar-refractivity contribution < 1.29 is 9.53 Å². The highest BCUT2D eigenvalue weighted by Gasteiger charge is 2.19. The summed E-state index contributed by atoms with van der Waals surface area (Å²) in [4.78, 5) is 12.0. The summed E-state index contributed by atoms with van der Waals surface area (Å²) in [5.74, 6) is -0.325. The third-order valence-electron chi connectivity index (χ3n) is 1.67. The Hall–Kier alpha value is 0.0600. The molecule has 1 unspecified atom stereocenters. The molecule has 1 atom stereocenters. The van der Waals surface area contributed by atoms with Gasteiger partial charge in [0.2, 0.25) is 0 Å². The minimum Gasteiger partial charge on any atom is -0.458 e. The maximum absolute atomic E-state index is 11.5. The fourth-order valence-electron chi connectivity index (χ4n) is 0.706. The van der Waals surface area contributed by atoms with Crippen molar-refractivity contribution in [2.75, 3.05) is 0 Å². The fraction of sp³-hybridized carbons (Fsp3) is 0.500. The summed E-state index contributed by atoms with van der Waals surface area (Å²) in [5, 5.41) is 0. The van der Waals surface area contributed by atoms with Gasteiger partial charge in [0.05, 0.1) is 10.6 Å². The van der Waals surface area contributed by atoms with Crippen LogP contribution in [0.3, 0.4) is 0 Å². The van der Waals surface area contributed by atoms with Crippen molar-refractivity contribution in [3.05, 3.63) is 14.0 Å². The van der Waals surface area contributed by atoms with Gasteiger partial charge in [0.1, 0.15) is 9.48 Å². The maximum atomic E-state index is 11.5. The standard InChI is InChI=1S/C8H9Br2NO2S/c1-3-4(2)13-8(12)6-5(9)7(10)11-14-6/h4H,3H2,1-2H3. The number of aromatic nitrogens is 1. The molecule has 0 aromatic carbocycles. The molecule has 0 N–H and O–H groups in total. The smallest absolute Gasteiger partial charge is 0.351 e. The van der Waals surface area contributed by atoms with E-state index in [1.54, 1.807) is 0 Å². The average molecular weight is 343 g/mol. The van der Waals surface area contributed by atoms with Gasteiger partial charge in [0.25, 0.3) is 0 Å². The third kappa shape index (κ3) is 2.77. The molecule has 0 radical (unpaired) electrons. The van der Waals surface area contributed by atoms with Crippen molar-refractivity contribution in [3.8, 4) is 0 Å². The van der Waals surface area contributed by atoms with Gasteiger partial charge >= 0.3 is 5.97 Å². The quantitative estimate of drug-likeness (QED) is 0.787. The molecule has 0 fully saturated rings. The second kappa shape index (κ2) is 5.23. The fourth-order valence-corrected chi connectivity index (χ4v) is 2.40. The zero-order valence-corrected chi connectivity index (χ0v) is 11.7. The van der Waals surface area contributed by atoms with Gasteiger partial charge in [-0.3, -0.25) is 0 Å². The third-order valence-corrected chi connectivity index (χ3v) is 4.87. The highest BCUT2D eigenvalue weighted by atomic mass is 79.9. The van der Waals surface area contributed by atoms with Crippen LogP contribution in [0.2, 0.25) is 0 Å². The molecular formula is C8H9Br2NO2S. The Kier molecular flexibility index (Phi) is 4.53. The van der Waals surface area contributed by atoms with Crippen LogP contribution in [0, 0.1) is 0 Å². The summed E-state index contributed by atoms with van der Waals surface area (Å²) >= 11 is 7.59. The van der Waals surface area contributed by atoms with Gasteiger partial charge in [0, 0.05) is 0 Å². The molecular weight excluding hydrogens is 334 g/mol. The lowest BCUT2D eigenvalue weighted by Gasteiger charge is -2.09. The highest BCUT2D eigenvalue weighted by Crippen LogP contribution is 2.30. The summed E-state index contributed by atoms with van der Waals surface area (Å²) in [6.07, 6.45) is 0.749. The lowest BCUT2D eigenvalue weighted by Crippen LogP contribution is -2.13. The van der Waals surface area contributed by atoms with Crippen LogP contribution in [-0.2, 0) is 4.74 Å². The maximum Gasteiger partial charge on any atom is 0.351 e. The molecule has 6 heteroatoms. The number of nitrogens with zero attached hydrogens (tertiary/aromatic N) is 1. The van der Waals surface area contributed by atoms with E-state index in [9.17, 15) is 4.79 Å². The number of hydrogen-bond acceptors (Lipinski definition) is 4. The largest absolute Gasteiger partial charge is 0.458 e. The van der Waals surface area contributed by atoms with Gasteiger partial charge in [-0.05, 0) is 56.7 Å². The molecule has 0 spiro atoms. The Balaban J connectivity index is 2.75. The lowest BCUT2D eigenvalue weighted by molar-refractivity contribution is 0.0339. The van der Waals surface area contributed by atoms with Crippen molar-refractivity contribution >= 4 is 49.4 Å². The van der Waals surface area contributed by atoms with E-state index in [0.29, 0.717) is 14.0 Å². The summed E-state index contributed by atoms with van der Waals surface area (Å²) in [5.41, 5.74) is 0. The van der Waals surface area contributed by atoms with Crippen LogP contribution in [0.25, 0.3) is 0 Å². The Labute approximate surface area is 103 Å². The predicted molar refractivity (Wildman–Crippen MR) is 62.7 cm³/mol. The molecule has 0 aliphatic heterocycles. The summed E-state index contributed by atoms with van der Waals surface area (Å²) in [7, 11) is 0. The van der Waals surface area contributed by atoms with E-state index in [4.69, 9.17) is 4.74 Å². The Morgan fingerprint density at radius 1 is 1.64 bits per heavy atom. The Morgan fingerprint density at radius 2 is 2.29 bits per heavy atom. The Bertz CT molecular complexity index is 340. The van der Waals surface area contributed by atoms with Crippen LogP contribution in [0.1, 0.15) is 29.9 Å². The van der Waals surface area contributed by atoms with Gasteiger partial charge in [-0.25, -0.2) is 4.79 Å².